The monoisotopic (exact) mass is 447 g/mol. The summed E-state index contributed by atoms with van der Waals surface area (Å²) in [5, 5.41) is 3.47. The van der Waals surface area contributed by atoms with Gasteiger partial charge in [0.25, 0.3) is 5.91 Å². The fraction of sp³-hybridized carbons (Fsp3) is 0.240. The smallest absolute Gasteiger partial charge is 0.355 e. The predicted octanol–water partition coefficient (Wildman–Crippen LogP) is 5.50. The lowest BCUT2D eigenvalue weighted by Gasteiger charge is -2.12. The van der Waals surface area contributed by atoms with Gasteiger partial charge in [0.1, 0.15) is 5.69 Å². The SMILES string of the molecule is CCOC(=O)c1c(C)c(C(=O)Nc2nc3c(C)cccc3s2)c(C)n1Cc1ccccc1. The average molecular weight is 448 g/mol. The first-order valence-corrected chi connectivity index (χ1v) is 11.3. The molecule has 2 heterocycles. The van der Waals surface area contributed by atoms with Crippen molar-refractivity contribution in [2.24, 2.45) is 0 Å². The van der Waals surface area contributed by atoms with E-state index in [0.29, 0.717) is 34.2 Å². The molecule has 0 fully saturated rings. The maximum absolute atomic E-state index is 13.3. The Morgan fingerprint density at radius 3 is 2.50 bits per heavy atom. The van der Waals surface area contributed by atoms with Gasteiger partial charge in [-0.2, -0.15) is 0 Å². The second kappa shape index (κ2) is 8.96. The van der Waals surface area contributed by atoms with Crippen LogP contribution in [0.4, 0.5) is 5.13 Å². The predicted molar refractivity (Wildman–Crippen MR) is 128 cm³/mol. The van der Waals surface area contributed by atoms with Crippen molar-refractivity contribution in [1.82, 2.24) is 9.55 Å². The van der Waals surface area contributed by atoms with E-state index in [9.17, 15) is 9.59 Å². The summed E-state index contributed by atoms with van der Waals surface area (Å²) >= 11 is 1.43. The zero-order valence-electron chi connectivity index (χ0n) is 18.6. The van der Waals surface area contributed by atoms with Gasteiger partial charge in [0, 0.05) is 12.2 Å². The quantitative estimate of drug-likeness (QED) is 0.396. The van der Waals surface area contributed by atoms with E-state index in [1.54, 1.807) is 13.8 Å². The zero-order valence-corrected chi connectivity index (χ0v) is 19.4. The molecule has 2 aromatic heterocycles. The first-order valence-electron chi connectivity index (χ1n) is 10.5. The molecule has 4 aromatic rings. The Morgan fingerprint density at radius 2 is 1.81 bits per heavy atom. The Morgan fingerprint density at radius 1 is 1.06 bits per heavy atom. The van der Waals surface area contributed by atoms with Crippen molar-refractivity contribution < 1.29 is 14.3 Å². The van der Waals surface area contributed by atoms with E-state index in [2.05, 4.69) is 10.3 Å². The maximum atomic E-state index is 13.3. The highest BCUT2D eigenvalue weighted by Crippen LogP contribution is 2.30. The molecule has 0 bridgehead atoms. The number of para-hydroxylation sites is 1. The first kappa shape index (κ1) is 21.8. The van der Waals surface area contributed by atoms with Gasteiger partial charge in [0.05, 0.1) is 22.4 Å². The van der Waals surface area contributed by atoms with Crippen LogP contribution in [-0.4, -0.2) is 28.0 Å². The van der Waals surface area contributed by atoms with Gasteiger partial charge in [-0.25, -0.2) is 9.78 Å². The summed E-state index contributed by atoms with van der Waals surface area (Å²) < 4.78 is 8.18. The van der Waals surface area contributed by atoms with E-state index in [1.165, 1.54) is 11.3 Å². The van der Waals surface area contributed by atoms with Crippen LogP contribution in [0.2, 0.25) is 0 Å². The number of hydrogen-bond donors (Lipinski definition) is 1. The number of nitrogens with zero attached hydrogens (tertiary/aromatic N) is 2. The van der Waals surface area contributed by atoms with Crippen molar-refractivity contribution in [3.05, 3.63) is 82.2 Å². The van der Waals surface area contributed by atoms with Gasteiger partial charge < -0.3 is 9.30 Å². The molecule has 32 heavy (non-hydrogen) atoms. The lowest BCUT2D eigenvalue weighted by atomic mass is 10.1. The lowest BCUT2D eigenvalue weighted by Crippen LogP contribution is -2.15. The third kappa shape index (κ3) is 4.03. The third-order valence-corrected chi connectivity index (χ3v) is 6.42. The van der Waals surface area contributed by atoms with Crippen molar-refractivity contribution in [2.75, 3.05) is 11.9 Å². The van der Waals surface area contributed by atoms with E-state index < -0.39 is 5.97 Å². The van der Waals surface area contributed by atoms with Crippen LogP contribution < -0.4 is 5.32 Å². The van der Waals surface area contributed by atoms with E-state index >= 15 is 0 Å². The Balaban J connectivity index is 1.73. The normalized spacial score (nSPS) is 11.0. The van der Waals surface area contributed by atoms with Gasteiger partial charge in [-0.05, 0) is 50.5 Å². The summed E-state index contributed by atoms with van der Waals surface area (Å²) in [5.74, 6) is -0.715. The van der Waals surface area contributed by atoms with Crippen LogP contribution in [0.25, 0.3) is 10.2 Å². The zero-order chi connectivity index (χ0) is 22.8. The van der Waals surface area contributed by atoms with Gasteiger partial charge in [-0.3, -0.25) is 10.1 Å². The number of amides is 1. The minimum absolute atomic E-state index is 0.264. The highest BCUT2D eigenvalue weighted by atomic mass is 32.1. The Bertz CT molecular complexity index is 1310. The molecular formula is C25H25N3O3S. The third-order valence-electron chi connectivity index (χ3n) is 5.49. The fourth-order valence-corrected chi connectivity index (χ4v) is 4.89. The standard InChI is InChI=1S/C25H25N3O3S/c1-5-31-24(30)22-16(3)20(17(4)28(22)14-18-11-7-6-8-12-18)23(29)27-25-26-21-15(2)10-9-13-19(21)32-25/h6-13H,5,14H2,1-4H3,(H,26,27,29). The summed E-state index contributed by atoms with van der Waals surface area (Å²) in [6, 6.07) is 15.8. The Labute approximate surface area is 190 Å². The van der Waals surface area contributed by atoms with Crippen LogP contribution >= 0.6 is 11.3 Å². The van der Waals surface area contributed by atoms with Gasteiger partial charge in [0.15, 0.2) is 5.13 Å². The molecule has 0 aliphatic carbocycles. The minimum Gasteiger partial charge on any atom is -0.461 e. The minimum atomic E-state index is -0.432. The number of nitrogens with one attached hydrogen (secondary N) is 1. The fourth-order valence-electron chi connectivity index (χ4n) is 3.96. The molecule has 0 unspecified atom stereocenters. The molecule has 0 saturated carbocycles. The molecule has 2 aromatic carbocycles. The van der Waals surface area contributed by atoms with Crippen LogP contribution in [0.1, 0.15) is 50.2 Å². The molecule has 0 spiro atoms. The number of rotatable bonds is 6. The van der Waals surface area contributed by atoms with Gasteiger partial charge in [-0.15, -0.1) is 0 Å². The molecule has 7 heteroatoms. The largest absolute Gasteiger partial charge is 0.461 e. The molecule has 0 radical (unpaired) electrons. The van der Waals surface area contributed by atoms with Crippen LogP contribution in [0, 0.1) is 20.8 Å². The van der Waals surface area contributed by atoms with Crippen molar-refractivity contribution in [1.29, 1.82) is 0 Å². The van der Waals surface area contributed by atoms with Crippen molar-refractivity contribution in [3.63, 3.8) is 0 Å². The molecule has 4 rings (SSSR count). The second-order valence-corrected chi connectivity index (χ2v) is 8.65. The number of hydrogen-bond acceptors (Lipinski definition) is 5. The summed E-state index contributed by atoms with van der Waals surface area (Å²) in [6.07, 6.45) is 0. The van der Waals surface area contributed by atoms with E-state index in [-0.39, 0.29) is 12.5 Å². The maximum Gasteiger partial charge on any atom is 0.355 e. The summed E-state index contributed by atoms with van der Waals surface area (Å²) in [6.45, 7) is 8.15. The second-order valence-electron chi connectivity index (χ2n) is 7.62. The molecule has 164 valence electrons. The number of thiazole rings is 1. The number of aromatic nitrogens is 2. The highest BCUT2D eigenvalue weighted by molar-refractivity contribution is 7.22. The van der Waals surface area contributed by atoms with E-state index in [4.69, 9.17) is 4.74 Å². The van der Waals surface area contributed by atoms with Crippen LogP contribution in [0.3, 0.4) is 0 Å². The molecule has 1 N–H and O–H groups in total. The number of anilines is 1. The van der Waals surface area contributed by atoms with Gasteiger partial charge >= 0.3 is 5.97 Å². The number of fused-ring (bicyclic) bond motifs is 1. The molecule has 0 atom stereocenters. The summed E-state index contributed by atoms with van der Waals surface area (Å²) in [5.41, 5.74) is 5.17. The average Bonchev–Trinajstić information content (AvgIpc) is 3.28. The molecule has 1 amide bonds. The first-order chi connectivity index (χ1) is 15.4. The number of benzene rings is 2. The van der Waals surface area contributed by atoms with E-state index in [1.807, 2.05) is 66.9 Å². The van der Waals surface area contributed by atoms with Crippen LogP contribution in [-0.2, 0) is 11.3 Å². The molecule has 0 aliphatic rings. The molecule has 0 saturated heterocycles. The molecule has 6 nitrogen and oxygen atoms in total. The topological polar surface area (TPSA) is 73.2 Å². The van der Waals surface area contributed by atoms with Crippen LogP contribution in [0.15, 0.2) is 48.5 Å². The number of carbonyl (C=O) groups is 2. The van der Waals surface area contributed by atoms with Crippen molar-refractivity contribution >= 4 is 38.6 Å². The summed E-state index contributed by atoms with van der Waals surface area (Å²) in [7, 11) is 0. The molecule has 0 aliphatic heterocycles. The Kier molecular flexibility index (Phi) is 6.10. The Hall–Kier alpha value is -3.45. The number of carbonyl (C=O) groups excluding carboxylic acids is 2. The summed E-state index contributed by atoms with van der Waals surface area (Å²) in [4.78, 5) is 30.7. The van der Waals surface area contributed by atoms with Crippen molar-refractivity contribution in [2.45, 2.75) is 34.2 Å². The number of esters is 1. The van der Waals surface area contributed by atoms with E-state index in [0.717, 1.165) is 21.3 Å². The number of aryl methyl sites for hydroxylation is 1. The van der Waals surface area contributed by atoms with Gasteiger partial charge in [-0.1, -0.05) is 53.8 Å². The van der Waals surface area contributed by atoms with Crippen LogP contribution in [0.5, 0.6) is 0 Å². The molecular weight excluding hydrogens is 422 g/mol. The highest BCUT2D eigenvalue weighted by Gasteiger charge is 2.27. The van der Waals surface area contributed by atoms with Crippen molar-refractivity contribution in [3.8, 4) is 0 Å². The van der Waals surface area contributed by atoms with Gasteiger partial charge in [0.2, 0.25) is 0 Å². The number of ether oxygens (including phenoxy) is 1. The lowest BCUT2D eigenvalue weighted by molar-refractivity contribution is 0.0513.